The summed E-state index contributed by atoms with van der Waals surface area (Å²) in [6.07, 6.45) is 0. The van der Waals surface area contributed by atoms with Gasteiger partial charge in [-0.15, -0.1) is 0 Å². The minimum Gasteiger partial charge on any atom is -0.662 e. The van der Waals surface area contributed by atoms with E-state index in [9.17, 15) is 4.79 Å². The van der Waals surface area contributed by atoms with Gasteiger partial charge in [0.25, 0.3) is 0 Å². The van der Waals surface area contributed by atoms with Crippen molar-refractivity contribution in [1.82, 2.24) is 0 Å². The van der Waals surface area contributed by atoms with Crippen LogP contribution in [-0.4, -0.2) is 5.97 Å². The molecule has 0 heterocycles. The summed E-state index contributed by atoms with van der Waals surface area (Å²) in [5, 5.41) is 0. The molecule has 0 aliphatic rings. The van der Waals surface area contributed by atoms with Crippen LogP contribution >= 0.6 is 0 Å². The number of hydrogen-bond acceptors (Lipinski definition) is 2. The van der Waals surface area contributed by atoms with Crippen LogP contribution < -0.4 is 0 Å². The van der Waals surface area contributed by atoms with Gasteiger partial charge in [0.1, 0.15) is 5.97 Å². The Morgan fingerprint density at radius 2 is 1.83 bits per heavy atom. The van der Waals surface area contributed by atoms with Gasteiger partial charge in [-0.25, -0.2) is 0 Å². The summed E-state index contributed by atoms with van der Waals surface area (Å²) in [6.45, 7) is 2.83. The number of carbonyl (C=O) groups is 1. The molecule has 0 aliphatic carbocycles. The minimum atomic E-state index is -0.606. The Morgan fingerprint density at radius 3 is 1.83 bits per heavy atom. The molecule has 0 bridgehead atoms. The van der Waals surface area contributed by atoms with Gasteiger partial charge in [-0.3, -0.25) is 4.79 Å². The molecule has 0 unspecified atom stereocenters. The van der Waals surface area contributed by atoms with Crippen LogP contribution in [0.5, 0.6) is 0 Å². The zero-order valence-corrected chi connectivity index (χ0v) is 6.07. The second kappa shape index (κ2) is 5.03. The van der Waals surface area contributed by atoms with Crippen LogP contribution in [0.3, 0.4) is 0 Å². The van der Waals surface area contributed by atoms with Crippen molar-refractivity contribution in [3.8, 4) is 0 Å². The summed E-state index contributed by atoms with van der Waals surface area (Å²) in [5.41, 5.74) is 0. The average Bonchev–Trinajstić information content (AvgIpc) is 1.38. The molecule has 0 rings (SSSR count). The maximum Gasteiger partial charge on any atom is 2.00 e. The van der Waals surface area contributed by atoms with Crippen molar-refractivity contribution in [1.29, 1.82) is 0 Å². The first-order chi connectivity index (χ1) is 2.27. The molecule has 0 spiro atoms. The summed E-state index contributed by atoms with van der Waals surface area (Å²) in [6, 6.07) is 0. The van der Waals surface area contributed by atoms with Gasteiger partial charge in [0.2, 0.25) is 0 Å². The van der Waals surface area contributed by atoms with Crippen LogP contribution in [0, 0.1) is 14.0 Å². The van der Waals surface area contributed by atoms with E-state index in [1.807, 2.05) is 0 Å². The Morgan fingerprint density at radius 1 is 1.67 bits per heavy atom. The van der Waals surface area contributed by atoms with Gasteiger partial charge in [0.15, 0.2) is 0 Å². The summed E-state index contributed by atoms with van der Waals surface area (Å²) < 4.78 is 3.75. The van der Waals surface area contributed by atoms with E-state index < -0.39 is 5.97 Å². The summed E-state index contributed by atoms with van der Waals surface area (Å²) in [7, 11) is 2.77. The fourth-order valence-corrected chi connectivity index (χ4v) is 0. The smallest absolute Gasteiger partial charge is 0.662 e. The van der Waals surface area contributed by atoms with Crippen molar-refractivity contribution in [2.45, 2.75) is 0 Å². The van der Waals surface area contributed by atoms with Crippen LogP contribution in [0.25, 0.3) is 0 Å². The Bertz CT molecular complexity index is 44.1. The van der Waals surface area contributed by atoms with E-state index in [1.165, 1.54) is 0 Å². The van der Waals surface area contributed by atoms with Gasteiger partial charge in [-0.05, 0) is 0 Å². The molecule has 34 valence electrons. The normalized spacial score (nSPS) is 5.50. The van der Waals surface area contributed by atoms with Gasteiger partial charge in [0.05, 0.1) is 0 Å². The molecule has 2 nitrogen and oxygen atoms in total. The van der Waals surface area contributed by atoms with Crippen molar-refractivity contribution in [3.63, 3.8) is 0 Å². The third kappa shape index (κ3) is 8.98. The number of carbonyl (C=O) groups excluding carboxylic acids is 1. The van der Waals surface area contributed by atoms with E-state index in [-0.39, 0.29) is 21.1 Å². The molecule has 0 saturated carbocycles. The predicted octanol–water partition coefficient (Wildman–Crippen LogP) is 0.153. The molecule has 0 aromatic carbocycles. The fraction of sp³-hybridized carbons (Fsp3) is 0. The molecule has 3 heteroatoms. The first-order valence-electron chi connectivity index (χ1n) is 1.05. The Hall–Kier alpha value is 0.0283. The minimum absolute atomic E-state index is 0. The van der Waals surface area contributed by atoms with Crippen LogP contribution in [-0.2, 0) is 30.6 Å². The van der Waals surface area contributed by atoms with Gasteiger partial charge in [-0.1, -0.05) is 0 Å². The largest absolute Gasteiger partial charge is 2.00 e. The molecule has 0 amide bonds. The Labute approximate surface area is 51.1 Å². The second-order valence-corrected chi connectivity index (χ2v) is 0.516. The van der Waals surface area contributed by atoms with Crippen LogP contribution in [0.1, 0.15) is 0 Å². The van der Waals surface area contributed by atoms with E-state index in [4.69, 9.17) is 0 Å². The molecule has 0 fully saturated rings. The standard InChI is InChI=1S/C3H4O2.W/c1-3(4)5-2;/h1-2H2;/q-2;+2. The molecule has 0 aromatic heterocycles. The Balaban J connectivity index is 0. The van der Waals surface area contributed by atoms with Crippen molar-refractivity contribution in [2.24, 2.45) is 0 Å². The zero-order valence-electron chi connectivity index (χ0n) is 3.14. The quantitative estimate of drug-likeness (QED) is 0.455. The molecule has 0 radical (unpaired) electrons. The van der Waals surface area contributed by atoms with E-state index in [0.29, 0.717) is 0 Å². The number of rotatable bonds is 0. The van der Waals surface area contributed by atoms with Gasteiger partial charge >= 0.3 is 21.1 Å². The van der Waals surface area contributed by atoms with Gasteiger partial charge < -0.3 is 11.7 Å². The zero-order chi connectivity index (χ0) is 4.28. The Kier molecular flexibility index (Phi) is 7.87. The first kappa shape index (κ1) is 9.39. The molecule has 0 aliphatic heterocycles. The third-order valence-corrected chi connectivity index (χ3v) is 0.161. The molecule has 0 N–H and O–H groups in total. The summed E-state index contributed by atoms with van der Waals surface area (Å²) >= 11 is 0. The SMILES string of the molecule is [CH2-]OC([CH2-])=O.[W+2]. The molecular formula is C3H4O2W. The fourth-order valence-electron chi connectivity index (χ4n) is 0. The van der Waals surface area contributed by atoms with Crippen molar-refractivity contribution >= 4 is 5.97 Å². The van der Waals surface area contributed by atoms with Gasteiger partial charge in [-0.2, -0.15) is 7.11 Å². The number of esters is 1. The second-order valence-electron chi connectivity index (χ2n) is 0.516. The molecule has 0 aromatic rings. The predicted molar refractivity (Wildman–Crippen MR) is 16.8 cm³/mol. The maximum atomic E-state index is 9.42. The van der Waals surface area contributed by atoms with Crippen LogP contribution in [0.2, 0.25) is 0 Å². The van der Waals surface area contributed by atoms with Crippen molar-refractivity contribution in [3.05, 3.63) is 14.0 Å². The van der Waals surface area contributed by atoms with E-state index in [1.54, 1.807) is 0 Å². The van der Waals surface area contributed by atoms with Crippen LogP contribution in [0.15, 0.2) is 0 Å². The van der Waals surface area contributed by atoms with E-state index >= 15 is 0 Å². The number of hydrogen-bond donors (Lipinski definition) is 0. The average molecular weight is 256 g/mol. The molecular weight excluding hydrogens is 252 g/mol. The topological polar surface area (TPSA) is 26.3 Å². The maximum absolute atomic E-state index is 9.42. The van der Waals surface area contributed by atoms with E-state index in [0.717, 1.165) is 0 Å². The van der Waals surface area contributed by atoms with Gasteiger partial charge in [0, 0.05) is 0 Å². The molecule has 0 atom stereocenters. The first-order valence-corrected chi connectivity index (χ1v) is 1.05. The number of ether oxygens (including phenoxy) is 1. The van der Waals surface area contributed by atoms with Crippen LogP contribution in [0.4, 0.5) is 0 Å². The molecule has 6 heavy (non-hydrogen) atoms. The van der Waals surface area contributed by atoms with E-state index in [2.05, 4.69) is 18.8 Å². The molecule has 0 saturated heterocycles. The van der Waals surface area contributed by atoms with Crippen molar-refractivity contribution < 1.29 is 30.6 Å². The monoisotopic (exact) mass is 256 g/mol. The summed E-state index contributed by atoms with van der Waals surface area (Å²) in [5.74, 6) is -0.606. The van der Waals surface area contributed by atoms with Crippen molar-refractivity contribution in [2.75, 3.05) is 0 Å². The summed E-state index contributed by atoms with van der Waals surface area (Å²) in [4.78, 5) is 9.42. The third-order valence-electron chi connectivity index (χ3n) is 0.161.